The molecule has 2 aromatic rings. The average molecular weight is 414 g/mol. The fourth-order valence-corrected chi connectivity index (χ4v) is 4.83. The summed E-state index contributed by atoms with van der Waals surface area (Å²) in [6, 6.07) is 6.01. The van der Waals surface area contributed by atoms with Crippen LogP contribution in [0.2, 0.25) is 0 Å². The SMILES string of the molecule is CCOC(=O)c1c(NC(=O)C=Cc2cccc([N+](=O)[O-])c2)sc2c1C(C)CCC2. The predicted octanol–water partition coefficient (Wildman–Crippen LogP) is 4.92. The van der Waals surface area contributed by atoms with Crippen molar-refractivity contribution in [1.29, 1.82) is 0 Å². The molecule has 0 radical (unpaired) electrons. The standard InChI is InChI=1S/C21H22N2O5S/c1-3-28-21(25)19-18-13(2)6-4-9-16(18)29-20(19)22-17(24)11-10-14-7-5-8-15(12-14)23(26)27/h5,7-8,10-13H,3-4,6,9H2,1-2H3,(H,22,24). The Hall–Kier alpha value is -3.00. The molecule has 29 heavy (non-hydrogen) atoms. The minimum atomic E-state index is -0.486. The zero-order valence-electron chi connectivity index (χ0n) is 16.3. The topological polar surface area (TPSA) is 98.5 Å². The summed E-state index contributed by atoms with van der Waals surface area (Å²) >= 11 is 1.42. The van der Waals surface area contributed by atoms with Crippen LogP contribution in [0.15, 0.2) is 30.3 Å². The molecule has 1 N–H and O–H groups in total. The van der Waals surface area contributed by atoms with Crippen molar-refractivity contribution in [1.82, 2.24) is 0 Å². The molecule has 0 saturated carbocycles. The van der Waals surface area contributed by atoms with Gasteiger partial charge in [-0.3, -0.25) is 14.9 Å². The summed E-state index contributed by atoms with van der Waals surface area (Å²) < 4.78 is 5.22. The Labute approximate surface area is 172 Å². The van der Waals surface area contributed by atoms with Crippen LogP contribution in [0, 0.1) is 10.1 Å². The molecule has 1 aromatic carbocycles. The van der Waals surface area contributed by atoms with E-state index in [4.69, 9.17) is 4.74 Å². The van der Waals surface area contributed by atoms with Crippen molar-refractivity contribution in [3.8, 4) is 0 Å². The highest BCUT2D eigenvalue weighted by Crippen LogP contribution is 2.43. The molecule has 3 rings (SSSR count). The molecule has 1 aliphatic rings. The zero-order valence-corrected chi connectivity index (χ0v) is 17.1. The average Bonchev–Trinajstić information content (AvgIpc) is 3.06. The molecule has 0 spiro atoms. The largest absolute Gasteiger partial charge is 0.462 e. The fourth-order valence-electron chi connectivity index (χ4n) is 3.47. The Morgan fingerprint density at radius 2 is 2.21 bits per heavy atom. The number of amides is 1. The number of thiophene rings is 1. The number of hydrogen-bond donors (Lipinski definition) is 1. The minimum Gasteiger partial charge on any atom is -0.462 e. The van der Waals surface area contributed by atoms with E-state index in [9.17, 15) is 19.7 Å². The van der Waals surface area contributed by atoms with E-state index in [1.54, 1.807) is 19.1 Å². The molecule has 0 fully saturated rings. The number of esters is 1. The maximum absolute atomic E-state index is 12.6. The predicted molar refractivity (Wildman–Crippen MR) is 112 cm³/mol. The van der Waals surface area contributed by atoms with E-state index < -0.39 is 16.8 Å². The van der Waals surface area contributed by atoms with Gasteiger partial charge in [0.1, 0.15) is 5.00 Å². The minimum absolute atomic E-state index is 0.0444. The third kappa shape index (κ3) is 4.71. The molecule has 1 aromatic heterocycles. The van der Waals surface area contributed by atoms with Gasteiger partial charge in [0, 0.05) is 23.1 Å². The van der Waals surface area contributed by atoms with E-state index in [1.165, 1.54) is 35.6 Å². The molecule has 0 bridgehead atoms. The number of non-ortho nitro benzene ring substituents is 1. The highest BCUT2D eigenvalue weighted by molar-refractivity contribution is 7.17. The first-order valence-corrected chi connectivity index (χ1v) is 10.3. The third-order valence-corrected chi connectivity index (χ3v) is 5.96. The van der Waals surface area contributed by atoms with E-state index in [2.05, 4.69) is 12.2 Å². The van der Waals surface area contributed by atoms with Gasteiger partial charge in [-0.1, -0.05) is 19.1 Å². The second-order valence-corrected chi connectivity index (χ2v) is 7.94. The van der Waals surface area contributed by atoms with Gasteiger partial charge >= 0.3 is 5.97 Å². The van der Waals surface area contributed by atoms with Gasteiger partial charge in [0.15, 0.2) is 0 Å². The number of carbonyl (C=O) groups is 2. The molecule has 1 heterocycles. The van der Waals surface area contributed by atoms with Gasteiger partial charge in [-0.25, -0.2) is 4.79 Å². The van der Waals surface area contributed by atoms with Crippen LogP contribution in [0.5, 0.6) is 0 Å². The van der Waals surface area contributed by atoms with Gasteiger partial charge in [-0.2, -0.15) is 0 Å². The first-order valence-electron chi connectivity index (χ1n) is 9.47. The number of nitrogens with one attached hydrogen (secondary N) is 1. The summed E-state index contributed by atoms with van der Waals surface area (Å²) in [6.45, 7) is 4.10. The highest BCUT2D eigenvalue weighted by atomic mass is 32.1. The van der Waals surface area contributed by atoms with E-state index in [0.29, 0.717) is 16.1 Å². The summed E-state index contributed by atoms with van der Waals surface area (Å²) in [6.07, 6.45) is 5.74. The Morgan fingerprint density at radius 1 is 1.41 bits per heavy atom. The van der Waals surface area contributed by atoms with Gasteiger partial charge in [0.25, 0.3) is 5.69 Å². The second kappa shape index (κ2) is 9.00. The Morgan fingerprint density at radius 3 is 2.93 bits per heavy atom. The van der Waals surface area contributed by atoms with Crippen LogP contribution in [0.3, 0.4) is 0 Å². The summed E-state index contributed by atoms with van der Waals surface area (Å²) in [5.41, 5.74) is 1.94. The van der Waals surface area contributed by atoms with Gasteiger partial charge < -0.3 is 10.1 Å². The van der Waals surface area contributed by atoms with Crippen molar-refractivity contribution in [2.24, 2.45) is 0 Å². The number of nitro groups is 1. The van der Waals surface area contributed by atoms with Crippen molar-refractivity contribution >= 4 is 40.0 Å². The lowest BCUT2D eigenvalue weighted by Gasteiger charge is -2.19. The van der Waals surface area contributed by atoms with Crippen molar-refractivity contribution in [2.75, 3.05) is 11.9 Å². The van der Waals surface area contributed by atoms with Crippen LogP contribution < -0.4 is 5.32 Å². The van der Waals surface area contributed by atoms with Crippen LogP contribution in [-0.4, -0.2) is 23.4 Å². The van der Waals surface area contributed by atoms with Crippen LogP contribution in [0.1, 0.15) is 59.0 Å². The number of benzene rings is 1. The van der Waals surface area contributed by atoms with E-state index in [1.807, 2.05) is 0 Å². The van der Waals surface area contributed by atoms with E-state index in [0.717, 1.165) is 29.7 Å². The second-order valence-electron chi connectivity index (χ2n) is 6.83. The molecule has 1 aliphatic carbocycles. The number of carbonyl (C=O) groups excluding carboxylic acids is 2. The lowest BCUT2D eigenvalue weighted by molar-refractivity contribution is -0.384. The van der Waals surface area contributed by atoms with Crippen LogP contribution in [-0.2, 0) is 16.0 Å². The number of nitrogens with zero attached hydrogens (tertiary/aromatic N) is 1. The van der Waals surface area contributed by atoms with Gasteiger partial charge in [0.05, 0.1) is 17.1 Å². The first-order chi connectivity index (χ1) is 13.9. The molecule has 1 atom stereocenters. The van der Waals surface area contributed by atoms with Crippen molar-refractivity contribution in [3.63, 3.8) is 0 Å². The normalized spacial score (nSPS) is 15.7. The number of hydrogen-bond acceptors (Lipinski definition) is 6. The Bertz CT molecular complexity index is 979. The van der Waals surface area contributed by atoms with Crippen molar-refractivity contribution in [2.45, 2.75) is 39.0 Å². The molecule has 8 heteroatoms. The van der Waals surface area contributed by atoms with Crippen molar-refractivity contribution in [3.05, 3.63) is 62.0 Å². The fraction of sp³-hybridized carbons (Fsp3) is 0.333. The lowest BCUT2D eigenvalue weighted by Crippen LogP contribution is -2.15. The van der Waals surface area contributed by atoms with Gasteiger partial charge in [-0.05, 0) is 49.3 Å². The number of ether oxygens (including phenoxy) is 1. The van der Waals surface area contributed by atoms with Gasteiger partial charge in [-0.15, -0.1) is 11.3 Å². The number of anilines is 1. The summed E-state index contributed by atoms with van der Waals surface area (Å²) in [4.78, 5) is 36.5. The Balaban J connectivity index is 1.84. The number of aryl methyl sites for hydroxylation is 1. The molecule has 152 valence electrons. The number of nitro benzene ring substituents is 1. The highest BCUT2D eigenvalue weighted by Gasteiger charge is 2.30. The lowest BCUT2D eigenvalue weighted by atomic mass is 9.86. The smallest absolute Gasteiger partial charge is 0.341 e. The molecular formula is C21H22N2O5S. The summed E-state index contributed by atoms with van der Waals surface area (Å²) in [5, 5.41) is 14.2. The van der Waals surface area contributed by atoms with E-state index >= 15 is 0 Å². The summed E-state index contributed by atoms with van der Waals surface area (Å²) in [7, 11) is 0. The zero-order chi connectivity index (χ0) is 21.0. The van der Waals surface area contributed by atoms with Gasteiger partial charge in [0.2, 0.25) is 5.91 Å². The molecule has 0 saturated heterocycles. The van der Waals surface area contributed by atoms with Crippen LogP contribution >= 0.6 is 11.3 Å². The first kappa shape index (κ1) is 20.7. The van der Waals surface area contributed by atoms with Crippen molar-refractivity contribution < 1.29 is 19.2 Å². The number of rotatable bonds is 6. The third-order valence-electron chi connectivity index (χ3n) is 4.78. The molecule has 0 aliphatic heterocycles. The maximum Gasteiger partial charge on any atom is 0.341 e. The maximum atomic E-state index is 12.6. The van der Waals surface area contributed by atoms with Crippen LogP contribution in [0.25, 0.3) is 6.08 Å². The quantitative estimate of drug-likeness (QED) is 0.313. The summed E-state index contributed by atoms with van der Waals surface area (Å²) in [5.74, 6) is -0.592. The molecular weight excluding hydrogens is 392 g/mol. The molecule has 1 amide bonds. The van der Waals surface area contributed by atoms with E-state index in [-0.39, 0.29) is 18.2 Å². The Kier molecular flexibility index (Phi) is 6.43. The monoisotopic (exact) mass is 414 g/mol. The van der Waals surface area contributed by atoms with Crippen LogP contribution in [0.4, 0.5) is 10.7 Å². The molecule has 1 unspecified atom stereocenters. The number of fused-ring (bicyclic) bond motifs is 1. The molecule has 7 nitrogen and oxygen atoms in total.